The van der Waals surface area contributed by atoms with Crippen LogP contribution in [0.1, 0.15) is 48.9 Å². The van der Waals surface area contributed by atoms with Gasteiger partial charge in [0.15, 0.2) is 0 Å². The summed E-state index contributed by atoms with van der Waals surface area (Å²) in [6.45, 7) is 2.11. The number of H-pyrrole nitrogens is 1. The maximum absolute atomic E-state index is 12.2. The molecule has 0 unspecified atom stereocenters. The summed E-state index contributed by atoms with van der Waals surface area (Å²) in [7, 11) is 0. The number of nitrogens with two attached hydrogens (primary N) is 1. The average molecular weight is 355 g/mol. The lowest BCUT2D eigenvalue weighted by Crippen LogP contribution is -2.35. The van der Waals surface area contributed by atoms with Crippen LogP contribution in [0.15, 0.2) is 23.1 Å². The fourth-order valence-corrected chi connectivity index (χ4v) is 3.87. The van der Waals surface area contributed by atoms with Crippen LogP contribution >= 0.6 is 0 Å². The molecule has 0 spiro atoms. The number of nitrogens with zero attached hydrogens (tertiary/aromatic N) is 3. The van der Waals surface area contributed by atoms with Crippen molar-refractivity contribution >= 4 is 5.95 Å². The van der Waals surface area contributed by atoms with Crippen LogP contribution in [0, 0.1) is 0 Å². The van der Waals surface area contributed by atoms with E-state index in [9.17, 15) is 4.79 Å². The zero-order chi connectivity index (χ0) is 17.9. The van der Waals surface area contributed by atoms with E-state index >= 15 is 0 Å². The molecule has 2 aromatic heterocycles. The van der Waals surface area contributed by atoms with E-state index in [0.717, 1.165) is 42.9 Å². The molecule has 1 fully saturated rings. The zero-order valence-electron chi connectivity index (χ0n) is 14.9. The SMILES string of the molecule is Nc1nc2c(c(=O)[nH]1)CN(Cc1cccnc1OC1CCCCC1)CC2. The molecule has 4 rings (SSSR count). The minimum absolute atomic E-state index is 0.137. The number of rotatable bonds is 4. The molecule has 1 aliphatic carbocycles. The summed E-state index contributed by atoms with van der Waals surface area (Å²) in [4.78, 5) is 25.7. The number of nitrogen functional groups attached to an aromatic ring is 1. The summed E-state index contributed by atoms with van der Waals surface area (Å²) in [5.41, 5.74) is 8.10. The Kier molecular flexibility index (Phi) is 4.88. The van der Waals surface area contributed by atoms with Crippen molar-refractivity contribution in [1.29, 1.82) is 0 Å². The van der Waals surface area contributed by atoms with E-state index in [1.54, 1.807) is 6.20 Å². The van der Waals surface area contributed by atoms with Crippen LogP contribution in [0.4, 0.5) is 5.95 Å². The highest BCUT2D eigenvalue weighted by Gasteiger charge is 2.23. The lowest BCUT2D eigenvalue weighted by atomic mass is 9.98. The van der Waals surface area contributed by atoms with Crippen molar-refractivity contribution in [2.45, 2.75) is 57.7 Å². The van der Waals surface area contributed by atoms with Crippen molar-refractivity contribution in [3.63, 3.8) is 0 Å². The first-order chi connectivity index (χ1) is 12.7. The predicted octanol–water partition coefficient (Wildman–Crippen LogP) is 2.02. The fraction of sp³-hybridized carbons (Fsp3) is 0.526. The van der Waals surface area contributed by atoms with Crippen LogP contribution in [-0.4, -0.2) is 32.5 Å². The summed E-state index contributed by atoms with van der Waals surface area (Å²) in [5.74, 6) is 0.923. The predicted molar refractivity (Wildman–Crippen MR) is 98.8 cm³/mol. The fourth-order valence-electron chi connectivity index (χ4n) is 3.87. The van der Waals surface area contributed by atoms with Crippen molar-refractivity contribution in [1.82, 2.24) is 19.9 Å². The number of aromatic amines is 1. The number of nitrogens with one attached hydrogen (secondary N) is 1. The van der Waals surface area contributed by atoms with Gasteiger partial charge in [-0.1, -0.05) is 12.5 Å². The third-order valence-corrected chi connectivity index (χ3v) is 5.24. The summed E-state index contributed by atoms with van der Waals surface area (Å²) in [6.07, 6.45) is 8.76. The highest BCUT2D eigenvalue weighted by atomic mass is 16.5. The summed E-state index contributed by atoms with van der Waals surface area (Å²) in [5, 5.41) is 0. The molecule has 3 N–H and O–H groups in total. The van der Waals surface area contributed by atoms with Gasteiger partial charge in [0.2, 0.25) is 11.8 Å². The van der Waals surface area contributed by atoms with E-state index in [-0.39, 0.29) is 17.6 Å². The second-order valence-electron chi connectivity index (χ2n) is 7.18. The highest BCUT2D eigenvalue weighted by molar-refractivity contribution is 5.29. The third kappa shape index (κ3) is 3.72. The van der Waals surface area contributed by atoms with Gasteiger partial charge in [0.25, 0.3) is 5.56 Å². The number of hydrogen-bond donors (Lipinski definition) is 2. The van der Waals surface area contributed by atoms with Gasteiger partial charge in [-0.3, -0.25) is 14.7 Å². The van der Waals surface area contributed by atoms with E-state index in [4.69, 9.17) is 10.5 Å². The molecule has 1 saturated carbocycles. The van der Waals surface area contributed by atoms with E-state index in [2.05, 4.69) is 25.9 Å². The average Bonchev–Trinajstić information content (AvgIpc) is 2.65. The molecule has 138 valence electrons. The second-order valence-corrected chi connectivity index (χ2v) is 7.18. The molecular formula is C19H25N5O2. The smallest absolute Gasteiger partial charge is 0.257 e. The van der Waals surface area contributed by atoms with Crippen LogP contribution in [0.25, 0.3) is 0 Å². The number of ether oxygens (including phenoxy) is 1. The Hall–Kier alpha value is -2.41. The van der Waals surface area contributed by atoms with E-state index in [1.165, 1.54) is 19.3 Å². The molecule has 0 saturated heterocycles. The minimum atomic E-state index is -0.137. The molecule has 3 heterocycles. The van der Waals surface area contributed by atoms with Gasteiger partial charge < -0.3 is 10.5 Å². The van der Waals surface area contributed by atoms with Crippen LogP contribution in [-0.2, 0) is 19.5 Å². The third-order valence-electron chi connectivity index (χ3n) is 5.24. The topological polar surface area (TPSA) is 97.1 Å². The van der Waals surface area contributed by atoms with Crippen LogP contribution in [0.2, 0.25) is 0 Å². The van der Waals surface area contributed by atoms with E-state index in [1.807, 2.05) is 6.07 Å². The Morgan fingerprint density at radius 2 is 2.15 bits per heavy atom. The summed E-state index contributed by atoms with van der Waals surface area (Å²) >= 11 is 0. The quantitative estimate of drug-likeness (QED) is 0.871. The Balaban J connectivity index is 1.48. The molecule has 26 heavy (non-hydrogen) atoms. The number of fused-ring (bicyclic) bond motifs is 1. The monoisotopic (exact) mass is 355 g/mol. The summed E-state index contributed by atoms with van der Waals surface area (Å²) in [6, 6.07) is 4.00. The lowest BCUT2D eigenvalue weighted by Gasteiger charge is -2.29. The largest absolute Gasteiger partial charge is 0.474 e. The Bertz CT molecular complexity index is 829. The molecular weight excluding hydrogens is 330 g/mol. The molecule has 0 amide bonds. The molecule has 0 aromatic carbocycles. The van der Waals surface area contributed by atoms with Crippen molar-refractivity contribution in [2.75, 3.05) is 12.3 Å². The second kappa shape index (κ2) is 7.45. The van der Waals surface area contributed by atoms with Crippen LogP contribution in [0.3, 0.4) is 0 Å². The number of aromatic nitrogens is 3. The van der Waals surface area contributed by atoms with Gasteiger partial charge in [-0.05, 0) is 31.7 Å². The molecule has 0 radical (unpaired) electrons. The van der Waals surface area contributed by atoms with Gasteiger partial charge >= 0.3 is 0 Å². The molecule has 7 nitrogen and oxygen atoms in total. The van der Waals surface area contributed by atoms with E-state index < -0.39 is 0 Å². The maximum Gasteiger partial charge on any atom is 0.257 e. The molecule has 1 aliphatic heterocycles. The molecule has 2 aliphatic rings. The lowest BCUT2D eigenvalue weighted by molar-refractivity contribution is 0.143. The van der Waals surface area contributed by atoms with Crippen LogP contribution < -0.4 is 16.0 Å². The van der Waals surface area contributed by atoms with Gasteiger partial charge in [-0.25, -0.2) is 9.97 Å². The van der Waals surface area contributed by atoms with Crippen molar-refractivity contribution in [3.8, 4) is 5.88 Å². The Morgan fingerprint density at radius 3 is 3.00 bits per heavy atom. The molecule has 2 aromatic rings. The van der Waals surface area contributed by atoms with E-state index in [0.29, 0.717) is 18.7 Å². The number of hydrogen-bond acceptors (Lipinski definition) is 6. The number of anilines is 1. The first kappa shape index (κ1) is 17.0. The van der Waals surface area contributed by atoms with Gasteiger partial charge in [-0.2, -0.15) is 0 Å². The van der Waals surface area contributed by atoms with Gasteiger partial charge in [0.05, 0.1) is 11.3 Å². The Morgan fingerprint density at radius 1 is 1.31 bits per heavy atom. The normalized spacial score (nSPS) is 18.5. The zero-order valence-corrected chi connectivity index (χ0v) is 14.9. The van der Waals surface area contributed by atoms with Crippen molar-refractivity contribution in [2.24, 2.45) is 0 Å². The van der Waals surface area contributed by atoms with Gasteiger partial charge in [-0.15, -0.1) is 0 Å². The molecule has 0 atom stereocenters. The first-order valence-corrected chi connectivity index (χ1v) is 9.39. The number of pyridine rings is 1. The summed E-state index contributed by atoms with van der Waals surface area (Å²) < 4.78 is 6.20. The molecule has 0 bridgehead atoms. The minimum Gasteiger partial charge on any atom is -0.474 e. The van der Waals surface area contributed by atoms with Gasteiger partial charge in [0.1, 0.15) is 6.10 Å². The van der Waals surface area contributed by atoms with Crippen LogP contribution in [0.5, 0.6) is 5.88 Å². The Labute approximate surface area is 152 Å². The van der Waals surface area contributed by atoms with Crippen molar-refractivity contribution < 1.29 is 4.74 Å². The highest BCUT2D eigenvalue weighted by Crippen LogP contribution is 2.26. The molecule has 7 heteroatoms. The first-order valence-electron chi connectivity index (χ1n) is 9.39. The van der Waals surface area contributed by atoms with Crippen molar-refractivity contribution in [3.05, 3.63) is 45.5 Å². The standard InChI is InChI=1S/C19H25N5O2/c20-19-22-16-8-10-24(12-15(16)17(25)23-19)11-13-5-4-9-21-18(13)26-14-6-2-1-3-7-14/h4-5,9,14H,1-3,6-8,10-12H2,(H3,20,22,23,25). The maximum atomic E-state index is 12.2. The van der Waals surface area contributed by atoms with Gasteiger partial charge in [0, 0.05) is 37.8 Å².